The van der Waals surface area contributed by atoms with Crippen molar-refractivity contribution in [2.75, 3.05) is 0 Å². The lowest BCUT2D eigenvalue weighted by molar-refractivity contribution is 0.249. The third kappa shape index (κ3) is 4.08. The van der Waals surface area contributed by atoms with E-state index in [4.69, 9.17) is 10.5 Å². The first-order chi connectivity index (χ1) is 9.24. The Bertz CT molecular complexity index is 568. The van der Waals surface area contributed by atoms with Crippen molar-refractivity contribution in [1.29, 1.82) is 0 Å². The highest BCUT2D eigenvalue weighted by Crippen LogP contribution is 2.17. The third-order valence-corrected chi connectivity index (χ3v) is 2.03. The van der Waals surface area contributed by atoms with Crippen LogP contribution < -0.4 is 15.9 Å². The number of nitrogens with one attached hydrogen (secondary N) is 1. The van der Waals surface area contributed by atoms with Crippen LogP contribution in [0.15, 0.2) is 48.0 Å². The van der Waals surface area contributed by atoms with Crippen molar-refractivity contribution in [3.8, 4) is 11.6 Å². The van der Waals surface area contributed by atoms with Gasteiger partial charge in [-0.15, -0.1) is 0 Å². The summed E-state index contributed by atoms with van der Waals surface area (Å²) in [6.07, 6.45) is 6.10. The largest absolute Gasteiger partial charge is 0.438 e. The number of aromatic nitrogens is 2. The Kier molecular flexibility index (Phi) is 4.01. The fourth-order valence-corrected chi connectivity index (χ4v) is 1.25. The number of urea groups is 1. The highest BCUT2D eigenvalue weighted by molar-refractivity contribution is 5.81. The molecule has 0 spiro atoms. The molecule has 0 aliphatic heterocycles. The molecule has 1 aromatic heterocycles. The van der Waals surface area contributed by atoms with Crippen LogP contribution in [-0.2, 0) is 0 Å². The highest BCUT2D eigenvalue weighted by atomic mass is 16.5. The summed E-state index contributed by atoms with van der Waals surface area (Å²) in [5, 5.41) is 3.64. The summed E-state index contributed by atoms with van der Waals surface area (Å²) < 4.78 is 5.47. The molecule has 7 nitrogen and oxygen atoms in total. The van der Waals surface area contributed by atoms with Gasteiger partial charge in [0.1, 0.15) is 5.75 Å². The molecule has 3 N–H and O–H groups in total. The van der Waals surface area contributed by atoms with E-state index < -0.39 is 6.03 Å². The molecule has 96 valence electrons. The van der Waals surface area contributed by atoms with Gasteiger partial charge in [0.2, 0.25) is 5.88 Å². The first kappa shape index (κ1) is 12.5. The first-order valence-corrected chi connectivity index (χ1v) is 5.36. The quantitative estimate of drug-likeness (QED) is 0.635. The number of carbonyl (C=O) groups is 1. The minimum Gasteiger partial charge on any atom is -0.438 e. The second-order valence-corrected chi connectivity index (χ2v) is 3.45. The lowest BCUT2D eigenvalue weighted by atomic mass is 10.2. The van der Waals surface area contributed by atoms with Crippen LogP contribution in [0.25, 0.3) is 0 Å². The van der Waals surface area contributed by atoms with Crippen LogP contribution in [0.2, 0.25) is 0 Å². The van der Waals surface area contributed by atoms with Crippen molar-refractivity contribution in [2.45, 2.75) is 0 Å². The number of hydrogen-bond donors (Lipinski definition) is 2. The minimum absolute atomic E-state index is 0.416. The van der Waals surface area contributed by atoms with E-state index in [0.717, 1.165) is 5.56 Å². The second kappa shape index (κ2) is 6.10. The van der Waals surface area contributed by atoms with E-state index in [-0.39, 0.29) is 0 Å². The molecule has 7 heteroatoms. The molecule has 0 bridgehead atoms. The summed E-state index contributed by atoms with van der Waals surface area (Å²) in [5.74, 6) is 1.04. The highest BCUT2D eigenvalue weighted by Gasteiger charge is 1.97. The topological polar surface area (TPSA) is 102 Å². The van der Waals surface area contributed by atoms with Gasteiger partial charge in [0.25, 0.3) is 0 Å². The number of carbonyl (C=O) groups excluding carboxylic acids is 1. The van der Waals surface area contributed by atoms with Gasteiger partial charge in [0.05, 0.1) is 12.4 Å². The van der Waals surface area contributed by atoms with Crippen molar-refractivity contribution in [1.82, 2.24) is 15.4 Å². The van der Waals surface area contributed by atoms with Gasteiger partial charge in [-0.1, -0.05) is 0 Å². The summed E-state index contributed by atoms with van der Waals surface area (Å²) in [6, 6.07) is 6.34. The lowest BCUT2D eigenvalue weighted by Crippen LogP contribution is -2.24. The number of ether oxygens (including phenoxy) is 1. The number of rotatable bonds is 4. The van der Waals surface area contributed by atoms with Crippen molar-refractivity contribution >= 4 is 12.2 Å². The summed E-state index contributed by atoms with van der Waals surface area (Å²) in [6.45, 7) is 0. The van der Waals surface area contributed by atoms with Crippen molar-refractivity contribution in [2.24, 2.45) is 10.8 Å². The van der Waals surface area contributed by atoms with Gasteiger partial charge in [0.15, 0.2) is 0 Å². The number of primary amides is 1. The van der Waals surface area contributed by atoms with E-state index >= 15 is 0 Å². The molecule has 0 saturated carbocycles. The molecule has 2 amide bonds. The average Bonchev–Trinajstić information content (AvgIpc) is 2.42. The minimum atomic E-state index is -0.709. The summed E-state index contributed by atoms with van der Waals surface area (Å²) in [7, 11) is 0. The van der Waals surface area contributed by atoms with E-state index in [2.05, 4.69) is 20.5 Å². The molecule has 2 rings (SSSR count). The normalized spacial score (nSPS) is 10.3. The molecular weight excluding hydrogens is 246 g/mol. The fraction of sp³-hybridized carbons (Fsp3) is 0. The summed E-state index contributed by atoms with van der Waals surface area (Å²) >= 11 is 0. The Labute approximate surface area is 109 Å². The molecule has 0 radical (unpaired) electrons. The van der Waals surface area contributed by atoms with Gasteiger partial charge < -0.3 is 10.5 Å². The van der Waals surface area contributed by atoms with Crippen molar-refractivity contribution in [3.05, 3.63) is 48.4 Å². The van der Waals surface area contributed by atoms with Crippen LogP contribution in [0, 0.1) is 0 Å². The van der Waals surface area contributed by atoms with Crippen LogP contribution in [0.5, 0.6) is 11.6 Å². The van der Waals surface area contributed by atoms with Gasteiger partial charge in [-0.3, -0.25) is 4.98 Å². The predicted octanol–water partition coefficient (Wildman–Crippen LogP) is 1.27. The zero-order chi connectivity index (χ0) is 13.5. The lowest BCUT2D eigenvalue weighted by Gasteiger charge is -2.03. The number of nitrogens with zero attached hydrogens (tertiary/aromatic N) is 3. The predicted molar refractivity (Wildman–Crippen MR) is 68.9 cm³/mol. The smallest absolute Gasteiger partial charge is 0.332 e. The van der Waals surface area contributed by atoms with E-state index in [0.29, 0.717) is 11.6 Å². The Morgan fingerprint density at radius 2 is 2.11 bits per heavy atom. The molecule has 19 heavy (non-hydrogen) atoms. The molecule has 1 aromatic carbocycles. The zero-order valence-corrected chi connectivity index (χ0v) is 9.85. The molecule has 0 aliphatic rings. The molecule has 0 unspecified atom stereocenters. The maximum Gasteiger partial charge on any atom is 0.332 e. The van der Waals surface area contributed by atoms with E-state index in [9.17, 15) is 4.79 Å². The maximum absolute atomic E-state index is 10.4. The molecule has 0 aliphatic carbocycles. The number of nitrogens with two attached hydrogens (primary N) is 1. The molecule has 0 saturated heterocycles. The Hall–Kier alpha value is -2.96. The number of benzene rings is 1. The van der Waals surface area contributed by atoms with Gasteiger partial charge in [-0.05, 0) is 29.8 Å². The Balaban J connectivity index is 1.98. The van der Waals surface area contributed by atoms with Crippen molar-refractivity contribution < 1.29 is 9.53 Å². The summed E-state index contributed by atoms with van der Waals surface area (Å²) in [5.41, 5.74) is 7.77. The van der Waals surface area contributed by atoms with Gasteiger partial charge in [-0.25, -0.2) is 15.2 Å². The van der Waals surface area contributed by atoms with Crippen LogP contribution in [0.4, 0.5) is 4.79 Å². The van der Waals surface area contributed by atoms with Crippen LogP contribution in [0.3, 0.4) is 0 Å². The molecular formula is C12H11N5O2. The Morgan fingerprint density at radius 1 is 1.32 bits per heavy atom. The number of hydrogen-bond acceptors (Lipinski definition) is 5. The third-order valence-electron chi connectivity index (χ3n) is 2.03. The van der Waals surface area contributed by atoms with Crippen LogP contribution in [-0.4, -0.2) is 22.2 Å². The number of hydrazone groups is 1. The van der Waals surface area contributed by atoms with Gasteiger partial charge in [-0.2, -0.15) is 5.10 Å². The van der Waals surface area contributed by atoms with Gasteiger partial charge >= 0.3 is 6.03 Å². The average molecular weight is 257 g/mol. The van der Waals surface area contributed by atoms with E-state index in [1.54, 1.807) is 36.7 Å². The second-order valence-electron chi connectivity index (χ2n) is 3.45. The fourth-order valence-electron chi connectivity index (χ4n) is 1.25. The molecule has 0 atom stereocenters. The standard InChI is InChI=1S/C12H11N5O2/c13-12(18)17-16-7-9-1-3-10(4-2-9)19-11-8-14-5-6-15-11/h1-8H,(H3,13,17,18). The Morgan fingerprint density at radius 3 is 2.74 bits per heavy atom. The SMILES string of the molecule is NC(=O)NN=Cc1ccc(Oc2cnccn2)cc1. The molecule has 2 aromatic rings. The zero-order valence-electron chi connectivity index (χ0n) is 9.85. The monoisotopic (exact) mass is 257 g/mol. The molecule has 0 fully saturated rings. The maximum atomic E-state index is 10.4. The van der Waals surface area contributed by atoms with Gasteiger partial charge in [0, 0.05) is 12.4 Å². The number of amides is 2. The first-order valence-electron chi connectivity index (χ1n) is 5.36. The summed E-state index contributed by atoms with van der Waals surface area (Å²) in [4.78, 5) is 18.3. The van der Waals surface area contributed by atoms with Crippen LogP contribution >= 0.6 is 0 Å². The molecule has 1 heterocycles. The van der Waals surface area contributed by atoms with E-state index in [1.165, 1.54) is 12.4 Å². The van der Waals surface area contributed by atoms with Crippen LogP contribution in [0.1, 0.15) is 5.56 Å². The van der Waals surface area contributed by atoms with Crippen molar-refractivity contribution in [3.63, 3.8) is 0 Å². The van der Waals surface area contributed by atoms with E-state index in [1.807, 2.05) is 0 Å².